The van der Waals surface area contributed by atoms with Gasteiger partial charge in [0.1, 0.15) is 0 Å². The van der Waals surface area contributed by atoms with E-state index in [1.807, 2.05) is 6.92 Å². The van der Waals surface area contributed by atoms with Crippen LogP contribution in [0.4, 0.5) is 0 Å². The van der Waals surface area contributed by atoms with Gasteiger partial charge in [-0.05, 0) is 12.5 Å². The van der Waals surface area contributed by atoms with Gasteiger partial charge in [-0.15, -0.1) is 0 Å². The van der Waals surface area contributed by atoms with E-state index < -0.39 is 0 Å². The summed E-state index contributed by atoms with van der Waals surface area (Å²) in [6.45, 7) is 2.79. The summed E-state index contributed by atoms with van der Waals surface area (Å²) in [4.78, 5) is 18.0. The Bertz CT molecular complexity index is 485. The Morgan fingerprint density at radius 2 is 2.15 bits per heavy atom. The highest BCUT2D eigenvalue weighted by Gasteiger charge is 2.17. The van der Waals surface area contributed by atoms with Crippen LogP contribution in [-0.2, 0) is 0 Å². The maximum Gasteiger partial charge on any atom is 0.255 e. The monoisotopic (exact) mass is 276 g/mol. The van der Waals surface area contributed by atoms with E-state index in [2.05, 4.69) is 16.8 Å². The number of carbonyl (C=O) groups excluding carboxylic acids is 1. The van der Waals surface area contributed by atoms with E-state index >= 15 is 0 Å². The molecule has 0 unspecified atom stereocenters. The van der Waals surface area contributed by atoms with E-state index in [-0.39, 0.29) is 19.1 Å². The van der Waals surface area contributed by atoms with Gasteiger partial charge in [0.15, 0.2) is 0 Å². The Kier molecular flexibility index (Phi) is 7.33. The van der Waals surface area contributed by atoms with Crippen molar-refractivity contribution in [1.82, 2.24) is 9.88 Å². The lowest BCUT2D eigenvalue weighted by atomic mass is 10.1. The average Bonchev–Trinajstić information content (AvgIpc) is 2.47. The van der Waals surface area contributed by atoms with E-state index in [1.165, 1.54) is 0 Å². The fourth-order valence-corrected chi connectivity index (χ4v) is 1.77. The Balaban J connectivity index is 2.99. The summed E-state index contributed by atoms with van der Waals surface area (Å²) in [7, 11) is 0. The van der Waals surface area contributed by atoms with Gasteiger partial charge < -0.3 is 15.1 Å². The molecule has 0 saturated carbocycles. The Labute approximate surface area is 119 Å². The lowest BCUT2D eigenvalue weighted by molar-refractivity contribution is 0.0721. The molecule has 0 bridgehead atoms. The molecule has 0 aliphatic rings. The first kappa shape index (κ1) is 16.2. The van der Waals surface area contributed by atoms with Crippen molar-refractivity contribution in [2.75, 3.05) is 26.3 Å². The van der Waals surface area contributed by atoms with Gasteiger partial charge in [-0.2, -0.15) is 0 Å². The van der Waals surface area contributed by atoms with Crippen LogP contribution in [0, 0.1) is 11.8 Å². The summed E-state index contributed by atoms with van der Waals surface area (Å²) in [6, 6.07) is 1.63. The average molecular weight is 276 g/mol. The van der Waals surface area contributed by atoms with Crippen molar-refractivity contribution in [3.8, 4) is 11.8 Å². The second-order valence-electron chi connectivity index (χ2n) is 4.21. The zero-order valence-electron chi connectivity index (χ0n) is 11.7. The largest absolute Gasteiger partial charge is 0.395 e. The third kappa shape index (κ3) is 4.65. The van der Waals surface area contributed by atoms with Crippen LogP contribution in [-0.4, -0.2) is 52.3 Å². The fourth-order valence-electron chi connectivity index (χ4n) is 1.77. The highest BCUT2D eigenvalue weighted by atomic mass is 16.3. The summed E-state index contributed by atoms with van der Waals surface area (Å²) in [5, 5.41) is 17.8. The number of aliphatic hydroxyl groups excluding tert-OH is 2. The number of aliphatic hydroxyl groups is 2. The predicted molar refractivity (Wildman–Crippen MR) is 76.1 cm³/mol. The molecule has 5 heteroatoms. The van der Waals surface area contributed by atoms with Crippen LogP contribution in [0.1, 0.15) is 35.7 Å². The molecule has 5 nitrogen and oxygen atoms in total. The van der Waals surface area contributed by atoms with Crippen LogP contribution in [0.3, 0.4) is 0 Å². The second kappa shape index (κ2) is 9.08. The number of pyridine rings is 1. The molecule has 108 valence electrons. The van der Waals surface area contributed by atoms with Gasteiger partial charge in [0.05, 0.1) is 24.3 Å². The normalized spacial score (nSPS) is 9.75. The molecule has 0 aliphatic heterocycles. The molecular formula is C15H20N2O3. The van der Waals surface area contributed by atoms with Crippen molar-refractivity contribution in [1.29, 1.82) is 0 Å². The molecule has 0 atom stereocenters. The highest BCUT2D eigenvalue weighted by molar-refractivity contribution is 5.96. The Morgan fingerprint density at radius 3 is 2.80 bits per heavy atom. The van der Waals surface area contributed by atoms with E-state index in [4.69, 9.17) is 10.2 Å². The first-order chi connectivity index (χ1) is 9.74. The first-order valence-electron chi connectivity index (χ1n) is 6.68. The molecule has 0 fully saturated rings. The van der Waals surface area contributed by atoms with Crippen molar-refractivity contribution < 1.29 is 15.0 Å². The molecule has 1 aromatic rings. The van der Waals surface area contributed by atoms with Crippen LogP contribution < -0.4 is 0 Å². The molecule has 0 spiro atoms. The third-order valence-electron chi connectivity index (χ3n) is 2.66. The molecule has 2 N–H and O–H groups in total. The number of amides is 1. The summed E-state index contributed by atoms with van der Waals surface area (Å²) >= 11 is 0. The molecule has 20 heavy (non-hydrogen) atoms. The Morgan fingerprint density at radius 1 is 1.35 bits per heavy atom. The molecule has 1 amide bonds. The van der Waals surface area contributed by atoms with E-state index in [9.17, 15) is 4.79 Å². The van der Waals surface area contributed by atoms with Gasteiger partial charge in [-0.25, -0.2) is 0 Å². The number of rotatable bonds is 6. The minimum atomic E-state index is -0.156. The van der Waals surface area contributed by atoms with Crippen molar-refractivity contribution >= 4 is 5.91 Å². The topological polar surface area (TPSA) is 73.7 Å². The summed E-state index contributed by atoms with van der Waals surface area (Å²) in [5.74, 6) is 5.49. The molecule has 1 heterocycles. The lowest BCUT2D eigenvalue weighted by Gasteiger charge is -2.21. The van der Waals surface area contributed by atoms with Gasteiger partial charge in [-0.3, -0.25) is 9.78 Å². The van der Waals surface area contributed by atoms with Crippen LogP contribution in [0.2, 0.25) is 0 Å². The molecule has 0 aliphatic carbocycles. The Hall–Kier alpha value is -1.90. The SMILES string of the molecule is CCCN(CCO)C(=O)c1ccncc1C#CCCO. The standard InChI is InChI=1S/C15H20N2O3/c1-2-8-17(9-11-19)15(20)14-6-7-16-12-13(14)5-3-4-10-18/h6-7,12,18-19H,2,4,8-11H2,1H3. The maximum atomic E-state index is 12.4. The fraction of sp³-hybridized carbons (Fsp3) is 0.467. The van der Waals surface area contributed by atoms with Gasteiger partial charge >= 0.3 is 0 Å². The number of hydrogen-bond donors (Lipinski definition) is 2. The smallest absolute Gasteiger partial charge is 0.255 e. The van der Waals surface area contributed by atoms with E-state index in [0.717, 1.165) is 6.42 Å². The third-order valence-corrected chi connectivity index (χ3v) is 2.66. The van der Waals surface area contributed by atoms with Crippen molar-refractivity contribution in [2.24, 2.45) is 0 Å². The molecule has 1 aromatic heterocycles. The first-order valence-corrected chi connectivity index (χ1v) is 6.68. The zero-order valence-corrected chi connectivity index (χ0v) is 11.7. The quantitative estimate of drug-likeness (QED) is 0.749. The molecule has 1 rings (SSSR count). The van der Waals surface area contributed by atoms with Crippen LogP contribution in [0.15, 0.2) is 18.5 Å². The number of carbonyl (C=O) groups is 1. The van der Waals surface area contributed by atoms with Crippen LogP contribution >= 0.6 is 0 Å². The van der Waals surface area contributed by atoms with Gasteiger partial charge in [-0.1, -0.05) is 18.8 Å². The highest BCUT2D eigenvalue weighted by Crippen LogP contribution is 2.10. The summed E-state index contributed by atoms with van der Waals surface area (Å²) in [6.07, 6.45) is 4.27. The summed E-state index contributed by atoms with van der Waals surface area (Å²) < 4.78 is 0. The number of hydrogen-bond acceptors (Lipinski definition) is 4. The van der Waals surface area contributed by atoms with E-state index in [1.54, 1.807) is 23.4 Å². The minimum Gasteiger partial charge on any atom is -0.395 e. The summed E-state index contributed by atoms with van der Waals surface area (Å²) in [5.41, 5.74) is 1.03. The maximum absolute atomic E-state index is 12.4. The second-order valence-corrected chi connectivity index (χ2v) is 4.21. The lowest BCUT2D eigenvalue weighted by Crippen LogP contribution is -2.34. The molecule has 0 saturated heterocycles. The van der Waals surface area contributed by atoms with Gasteiger partial charge in [0, 0.05) is 31.9 Å². The number of aromatic nitrogens is 1. The van der Waals surface area contributed by atoms with Crippen molar-refractivity contribution in [2.45, 2.75) is 19.8 Å². The van der Waals surface area contributed by atoms with Crippen molar-refractivity contribution in [3.05, 3.63) is 29.6 Å². The van der Waals surface area contributed by atoms with Gasteiger partial charge in [0.2, 0.25) is 0 Å². The predicted octanol–water partition coefficient (Wildman–Crippen LogP) is 0.660. The minimum absolute atomic E-state index is 0.0109. The van der Waals surface area contributed by atoms with Crippen molar-refractivity contribution in [3.63, 3.8) is 0 Å². The molecule has 0 aromatic carbocycles. The van der Waals surface area contributed by atoms with Crippen LogP contribution in [0.25, 0.3) is 0 Å². The number of nitrogens with zero attached hydrogens (tertiary/aromatic N) is 2. The molecular weight excluding hydrogens is 256 g/mol. The van der Waals surface area contributed by atoms with E-state index in [0.29, 0.717) is 30.6 Å². The molecule has 0 radical (unpaired) electrons. The zero-order chi connectivity index (χ0) is 14.8. The van der Waals surface area contributed by atoms with Crippen LogP contribution in [0.5, 0.6) is 0 Å². The van der Waals surface area contributed by atoms with Gasteiger partial charge in [0.25, 0.3) is 5.91 Å².